The van der Waals surface area contributed by atoms with Gasteiger partial charge in [-0.25, -0.2) is 0 Å². The zero-order chi connectivity index (χ0) is 11.9. The van der Waals surface area contributed by atoms with E-state index in [4.69, 9.17) is 4.74 Å². The van der Waals surface area contributed by atoms with Crippen molar-refractivity contribution in [3.05, 3.63) is 29.8 Å². The summed E-state index contributed by atoms with van der Waals surface area (Å²) in [6, 6.07) is 8.84. The van der Waals surface area contributed by atoms with Gasteiger partial charge in [0.05, 0.1) is 6.61 Å². The van der Waals surface area contributed by atoms with Crippen molar-refractivity contribution in [3.63, 3.8) is 0 Å². The van der Waals surface area contributed by atoms with Gasteiger partial charge in [-0.3, -0.25) is 0 Å². The molecule has 0 aliphatic carbocycles. The fourth-order valence-corrected chi connectivity index (χ4v) is 3.54. The molecule has 1 unspecified atom stereocenters. The molecular formula is C14H21NOS. The summed E-state index contributed by atoms with van der Waals surface area (Å²) in [6.07, 6.45) is 2.55. The van der Waals surface area contributed by atoms with Crippen LogP contribution >= 0.6 is 11.8 Å². The number of hydrogen-bond donors (Lipinski definition) is 1. The Bertz CT molecular complexity index is 343. The second-order valence-electron chi connectivity index (χ2n) is 4.43. The SMILES string of the molecule is COCCNCCCC1CSc2ccccc21. The largest absolute Gasteiger partial charge is 0.383 e. The minimum atomic E-state index is 0.764. The van der Waals surface area contributed by atoms with Gasteiger partial charge in [-0.05, 0) is 36.9 Å². The smallest absolute Gasteiger partial charge is 0.0587 e. The van der Waals surface area contributed by atoms with Crippen LogP contribution in [0.1, 0.15) is 24.3 Å². The van der Waals surface area contributed by atoms with Crippen molar-refractivity contribution in [2.45, 2.75) is 23.7 Å². The van der Waals surface area contributed by atoms with Crippen LogP contribution in [0.15, 0.2) is 29.2 Å². The van der Waals surface area contributed by atoms with E-state index in [1.807, 2.05) is 11.8 Å². The number of fused-ring (bicyclic) bond motifs is 1. The predicted molar refractivity (Wildman–Crippen MR) is 73.9 cm³/mol. The lowest BCUT2D eigenvalue weighted by molar-refractivity contribution is 0.199. The zero-order valence-electron chi connectivity index (χ0n) is 10.4. The third kappa shape index (κ3) is 3.73. The molecule has 0 saturated heterocycles. The molecule has 1 N–H and O–H groups in total. The summed E-state index contributed by atoms with van der Waals surface area (Å²) in [5.41, 5.74) is 1.56. The van der Waals surface area contributed by atoms with Gasteiger partial charge in [0.25, 0.3) is 0 Å². The van der Waals surface area contributed by atoms with Crippen LogP contribution in [-0.4, -0.2) is 32.6 Å². The molecule has 94 valence electrons. The average molecular weight is 251 g/mol. The van der Waals surface area contributed by atoms with Crippen LogP contribution in [-0.2, 0) is 4.74 Å². The molecule has 0 spiro atoms. The highest BCUT2D eigenvalue weighted by molar-refractivity contribution is 7.99. The van der Waals surface area contributed by atoms with Crippen molar-refractivity contribution in [1.82, 2.24) is 5.32 Å². The molecule has 1 heterocycles. The minimum absolute atomic E-state index is 0.764. The lowest BCUT2D eigenvalue weighted by atomic mass is 9.96. The number of hydrogen-bond acceptors (Lipinski definition) is 3. The molecular weight excluding hydrogens is 230 g/mol. The number of benzene rings is 1. The van der Waals surface area contributed by atoms with Gasteiger partial charge in [-0.2, -0.15) is 0 Å². The molecule has 1 aromatic rings. The normalized spacial score (nSPS) is 18.3. The predicted octanol–water partition coefficient (Wildman–Crippen LogP) is 2.89. The molecule has 0 radical (unpaired) electrons. The molecule has 17 heavy (non-hydrogen) atoms. The van der Waals surface area contributed by atoms with Crippen LogP contribution in [0, 0.1) is 0 Å². The van der Waals surface area contributed by atoms with Crippen molar-refractivity contribution in [3.8, 4) is 0 Å². The minimum Gasteiger partial charge on any atom is -0.383 e. The van der Waals surface area contributed by atoms with Gasteiger partial charge in [-0.1, -0.05) is 18.2 Å². The Morgan fingerprint density at radius 3 is 3.12 bits per heavy atom. The number of thioether (sulfide) groups is 1. The maximum Gasteiger partial charge on any atom is 0.0587 e. The summed E-state index contributed by atoms with van der Waals surface area (Å²) in [6.45, 7) is 2.88. The molecule has 0 saturated carbocycles. The maximum atomic E-state index is 5.00. The first-order chi connectivity index (χ1) is 8.42. The number of nitrogens with one attached hydrogen (secondary N) is 1. The van der Waals surface area contributed by atoms with Crippen LogP contribution in [0.25, 0.3) is 0 Å². The molecule has 1 aliphatic rings. The first-order valence-corrected chi connectivity index (χ1v) is 7.31. The molecule has 1 aromatic carbocycles. The summed E-state index contributed by atoms with van der Waals surface area (Å²) < 4.78 is 5.00. The van der Waals surface area contributed by atoms with E-state index in [2.05, 4.69) is 29.6 Å². The van der Waals surface area contributed by atoms with Crippen molar-refractivity contribution in [2.75, 3.05) is 32.6 Å². The van der Waals surface area contributed by atoms with Gasteiger partial charge in [0.15, 0.2) is 0 Å². The standard InChI is InChI=1S/C14H21NOS/c1-16-10-9-15-8-4-5-12-11-17-14-7-3-2-6-13(12)14/h2-3,6-7,12,15H,4-5,8-11H2,1H3. The van der Waals surface area contributed by atoms with Crippen LogP contribution in [0.2, 0.25) is 0 Å². The van der Waals surface area contributed by atoms with Crippen molar-refractivity contribution in [1.29, 1.82) is 0 Å². The summed E-state index contributed by atoms with van der Waals surface area (Å²) in [5.74, 6) is 2.03. The molecule has 1 aliphatic heterocycles. The molecule has 3 heteroatoms. The monoisotopic (exact) mass is 251 g/mol. The van der Waals surface area contributed by atoms with Crippen LogP contribution in [0.4, 0.5) is 0 Å². The quantitative estimate of drug-likeness (QED) is 0.753. The van der Waals surface area contributed by atoms with E-state index in [1.54, 1.807) is 12.7 Å². The van der Waals surface area contributed by atoms with E-state index in [0.717, 1.165) is 25.6 Å². The van der Waals surface area contributed by atoms with Crippen molar-refractivity contribution in [2.24, 2.45) is 0 Å². The fourth-order valence-electron chi connectivity index (χ4n) is 2.24. The summed E-state index contributed by atoms with van der Waals surface area (Å²) in [4.78, 5) is 1.49. The molecule has 0 amide bonds. The highest BCUT2D eigenvalue weighted by Crippen LogP contribution is 2.41. The Kier molecular flexibility index (Phi) is 5.36. The summed E-state index contributed by atoms with van der Waals surface area (Å²) in [5, 5.41) is 3.40. The zero-order valence-corrected chi connectivity index (χ0v) is 11.3. The van der Waals surface area contributed by atoms with Crippen molar-refractivity contribution >= 4 is 11.8 Å². The van der Waals surface area contributed by atoms with Gasteiger partial charge in [0, 0.05) is 24.3 Å². The lowest BCUT2D eigenvalue weighted by Crippen LogP contribution is -2.20. The highest BCUT2D eigenvalue weighted by Gasteiger charge is 2.21. The van der Waals surface area contributed by atoms with Gasteiger partial charge in [0.1, 0.15) is 0 Å². The summed E-state index contributed by atoms with van der Waals surface area (Å²) >= 11 is 2.01. The molecule has 0 aromatic heterocycles. The molecule has 2 rings (SSSR count). The Balaban J connectivity index is 1.68. The van der Waals surface area contributed by atoms with E-state index in [1.165, 1.54) is 23.5 Å². The third-order valence-electron chi connectivity index (χ3n) is 3.19. The second-order valence-corrected chi connectivity index (χ2v) is 5.49. The molecule has 0 bridgehead atoms. The van der Waals surface area contributed by atoms with E-state index in [0.29, 0.717) is 0 Å². The summed E-state index contributed by atoms with van der Waals surface area (Å²) in [7, 11) is 1.74. The van der Waals surface area contributed by atoms with E-state index in [9.17, 15) is 0 Å². The van der Waals surface area contributed by atoms with Crippen LogP contribution in [0.3, 0.4) is 0 Å². The van der Waals surface area contributed by atoms with Gasteiger partial charge in [0.2, 0.25) is 0 Å². The topological polar surface area (TPSA) is 21.3 Å². The fraction of sp³-hybridized carbons (Fsp3) is 0.571. The van der Waals surface area contributed by atoms with E-state index >= 15 is 0 Å². The van der Waals surface area contributed by atoms with Gasteiger partial charge < -0.3 is 10.1 Å². The first-order valence-electron chi connectivity index (χ1n) is 6.33. The molecule has 2 nitrogen and oxygen atoms in total. The molecule has 0 fully saturated rings. The van der Waals surface area contributed by atoms with Crippen LogP contribution in [0.5, 0.6) is 0 Å². The highest BCUT2D eigenvalue weighted by atomic mass is 32.2. The number of ether oxygens (including phenoxy) is 1. The van der Waals surface area contributed by atoms with Gasteiger partial charge >= 0.3 is 0 Å². The second kappa shape index (κ2) is 7.04. The van der Waals surface area contributed by atoms with E-state index in [-0.39, 0.29) is 0 Å². The number of methoxy groups -OCH3 is 1. The van der Waals surface area contributed by atoms with E-state index < -0.39 is 0 Å². The Labute approximate surface area is 108 Å². The van der Waals surface area contributed by atoms with Crippen molar-refractivity contribution < 1.29 is 4.74 Å². The van der Waals surface area contributed by atoms with Gasteiger partial charge in [-0.15, -0.1) is 11.8 Å². The Morgan fingerprint density at radius 1 is 1.35 bits per heavy atom. The Hall–Kier alpha value is -0.510. The lowest BCUT2D eigenvalue weighted by Gasteiger charge is -2.10. The third-order valence-corrected chi connectivity index (χ3v) is 4.44. The van der Waals surface area contributed by atoms with Crippen LogP contribution < -0.4 is 5.32 Å². The molecule has 1 atom stereocenters. The maximum absolute atomic E-state index is 5.00. The average Bonchev–Trinajstić information content (AvgIpc) is 2.77. The Morgan fingerprint density at radius 2 is 2.24 bits per heavy atom. The first kappa shape index (κ1) is 12.9. The number of rotatable bonds is 7.